The third kappa shape index (κ3) is 2.31. The standard InChI is InChI=1S/C12H9FN2O2S2/c13-3-5-18-12-14-10(16)9-7(6-19-11(9)15-12)8-2-1-4-17-8/h1-2,4,6H,3,5H2,(H,14,15,16). The largest absolute Gasteiger partial charge is 0.464 e. The summed E-state index contributed by atoms with van der Waals surface area (Å²) in [7, 11) is 0. The Balaban J connectivity index is 2.12. The van der Waals surface area contributed by atoms with E-state index < -0.39 is 6.67 Å². The van der Waals surface area contributed by atoms with Crippen LogP contribution in [0.15, 0.2) is 38.1 Å². The average molecular weight is 296 g/mol. The van der Waals surface area contributed by atoms with Gasteiger partial charge in [-0.05, 0) is 12.1 Å². The number of thioether (sulfide) groups is 1. The molecule has 3 aromatic heterocycles. The van der Waals surface area contributed by atoms with Crippen LogP contribution in [-0.4, -0.2) is 22.4 Å². The van der Waals surface area contributed by atoms with E-state index in [1.807, 2.05) is 5.38 Å². The molecule has 0 saturated heterocycles. The zero-order chi connectivity index (χ0) is 13.2. The van der Waals surface area contributed by atoms with E-state index in [0.717, 1.165) is 5.56 Å². The van der Waals surface area contributed by atoms with Gasteiger partial charge in [0, 0.05) is 16.7 Å². The van der Waals surface area contributed by atoms with E-state index in [4.69, 9.17) is 4.42 Å². The van der Waals surface area contributed by atoms with Crippen molar-refractivity contribution in [1.82, 2.24) is 9.97 Å². The van der Waals surface area contributed by atoms with Crippen LogP contribution >= 0.6 is 23.1 Å². The third-order valence-corrected chi connectivity index (χ3v) is 4.22. The lowest BCUT2D eigenvalue weighted by molar-refractivity contribution is 0.532. The number of thiophene rings is 1. The Kier molecular flexibility index (Phi) is 3.39. The van der Waals surface area contributed by atoms with Crippen molar-refractivity contribution in [2.75, 3.05) is 12.4 Å². The number of H-pyrrole nitrogens is 1. The summed E-state index contributed by atoms with van der Waals surface area (Å²) >= 11 is 2.57. The fourth-order valence-electron chi connectivity index (χ4n) is 1.75. The number of hydrogen-bond donors (Lipinski definition) is 1. The number of nitrogens with zero attached hydrogens (tertiary/aromatic N) is 1. The van der Waals surface area contributed by atoms with Crippen LogP contribution in [-0.2, 0) is 0 Å². The minimum atomic E-state index is -0.450. The van der Waals surface area contributed by atoms with Gasteiger partial charge in [0.25, 0.3) is 5.56 Å². The summed E-state index contributed by atoms with van der Waals surface area (Å²) in [6.07, 6.45) is 1.56. The van der Waals surface area contributed by atoms with Gasteiger partial charge in [0.15, 0.2) is 5.16 Å². The van der Waals surface area contributed by atoms with Gasteiger partial charge < -0.3 is 9.40 Å². The van der Waals surface area contributed by atoms with Gasteiger partial charge in [-0.15, -0.1) is 11.3 Å². The number of nitrogens with one attached hydrogen (secondary N) is 1. The van der Waals surface area contributed by atoms with Crippen LogP contribution in [0.5, 0.6) is 0 Å². The van der Waals surface area contributed by atoms with Gasteiger partial charge in [-0.2, -0.15) is 0 Å². The molecular weight excluding hydrogens is 287 g/mol. The Morgan fingerprint density at radius 1 is 1.53 bits per heavy atom. The molecule has 3 rings (SSSR count). The van der Waals surface area contributed by atoms with Gasteiger partial charge in [0.05, 0.1) is 18.3 Å². The lowest BCUT2D eigenvalue weighted by Crippen LogP contribution is -2.08. The van der Waals surface area contributed by atoms with Crippen molar-refractivity contribution in [1.29, 1.82) is 0 Å². The molecule has 0 amide bonds. The number of hydrogen-bond acceptors (Lipinski definition) is 5. The van der Waals surface area contributed by atoms with Gasteiger partial charge >= 0.3 is 0 Å². The van der Waals surface area contributed by atoms with Crippen LogP contribution in [0, 0.1) is 0 Å². The number of rotatable bonds is 4. The van der Waals surface area contributed by atoms with Crippen LogP contribution in [0.1, 0.15) is 0 Å². The SMILES string of the molecule is O=c1[nH]c(SCCF)nc2scc(-c3ccco3)c12. The Hall–Kier alpha value is -1.60. The molecule has 0 fully saturated rings. The van der Waals surface area contributed by atoms with Gasteiger partial charge in [-0.25, -0.2) is 4.98 Å². The van der Waals surface area contributed by atoms with E-state index >= 15 is 0 Å². The predicted molar refractivity (Wildman–Crippen MR) is 74.6 cm³/mol. The number of halogens is 1. The summed E-state index contributed by atoms with van der Waals surface area (Å²) in [6, 6.07) is 3.57. The quantitative estimate of drug-likeness (QED) is 0.593. The topological polar surface area (TPSA) is 58.9 Å². The Labute approximate surface area is 115 Å². The van der Waals surface area contributed by atoms with Crippen molar-refractivity contribution < 1.29 is 8.81 Å². The summed E-state index contributed by atoms with van der Waals surface area (Å²) in [5, 5.41) is 2.81. The first-order valence-corrected chi connectivity index (χ1v) is 7.40. The number of furan rings is 1. The lowest BCUT2D eigenvalue weighted by Gasteiger charge is -1.99. The first kappa shape index (κ1) is 12.4. The Morgan fingerprint density at radius 3 is 3.16 bits per heavy atom. The molecule has 0 aliphatic heterocycles. The summed E-state index contributed by atoms with van der Waals surface area (Å²) in [4.78, 5) is 19.7. The fourth-order valence-corrected chi connectivity index (χ4v) is 3.32. The summed E-state index contributed by atoms with van der Waals surface area (Å²) in [5.41, 5.74) is 0.514. The summed E-state index contributed by atoms with van der Waals surface area (Å²) in [5.74, 6) is 0.924. The zero-order valence-corrected chi connectivity index (χ0v) is 11.3. The molecule has 0 aliphatic rings. The smallest absolute Gasteiger partial charge is 0.261 e. The third-order valence-electron chi connectivity index (χ3n) is 2.52. The highest BCUT2D eigenvalue weighted by Gasteiger charge is 2.14. The molecule has 0 saturated carbocycles. The first-order valence-electron chi connectivity index (χ1n) is 5.54. The molecule has 3 aromatic rings. The molecule has 0 unspecified atom stereocenters. The monoisotopic (exact) mass is 296 g/mol. The molecule has 0 aliphatic carbocycles. The lowest BCUT2D eigenvalue weighted by atomic mass is 10.2. The van der Waals surface area contributed by atoms with Crippen molar-refractivity contribution in [2.45, 2.75) is 5.16 Å². The van der Waals surface area contributed by atoms with E-state index in [2.05, 4.69) is 9.97 Å². The zero-order valence-electron chi connectivity index (χ0n) is 9.68. The minimum absolute atomic E-state index is 0.223. The number of fused-ring (bicyclic) bond motifs is 1. The molecular formula is C12H9FN2O2S2. The fraction of sp³-hybridized carbons (Fsp3) is 0.167. The summed E-state index contributed by atoms with van der Waals surface area (Å²) in [6.45, 7) is -0.450. The maximum atomic E-state index is 12.1. The summed E-state index contributed by atoms with van der Waals surface area (Å²) < 4.78 is 17.4. The minimum Gasteiger partial charge on any atom is -0.464 e. The van der Waals surface area contributed by atoms with Crippen molar-refractivity contribution in [3.63, 3.8) is 0 Å². The van der Waals surface area contributed by atoms with E-state index in [1.54, 1.807) is 18.4 Å². The molecule has 0 aromatic carbocycles. The molecule has 4 nitrogen and oxygen atoms in total. The average Bonchev–Trinajstić information content (AvgIpc) is 3.04. The van der Waals surface area contributed by atoms with Crippen LogP contribution in [0.25, 0.3) is 21.5 Å². The molecule has 3 heterocycles. The molecule has 1 N–H and O–H groups in total. The van der Waals surface area contributed by atoms with E-state index in [-0.39, 0.29) is 11.3 Å². The van der Waals surface area contributed by atoms with E-state index in [1.165, 1.54) is 23.1 Å². The second kappa shape index (κ2) is 5.18. The molecule has 19 heavy (non-hydrogen) atoms. The van der Waals surface area contributed by atoms with Gasteiger partial charge in [0.2, 0.25) is 0 Å². The van der Waals surface area contributed by atoms with Gasteiger partial charge in [0.1, 0.15) is 10.6 Å². The number of aromatic amines is 1. The Morgan fingerprint density at radius 2 is 2.42 bits per heavy atom. The highest BCUT2D eigenvalue weighted by molar-refractivity contribution is 7.99. The maximum absolute atomic E-state index is 12.1. The van der Waals surface area contributed by atoms with Crippen LogP contribution < -0.4 is 5.56 Å². The molecule has 0 atom stereocenters. The van der Waals surface area contributed by atoms with Crippen molar-refractivity contribution in [2.24, 2.45) is 0 Å². The van der Waals surface area contributed by atoms with Gasteiger partial charge in [-0.1, -0.05) is 11.8 Å². The first-order chi connectivity index (χ1) is 9.29. The predicted octanol–water partition coefficient (Wildman–Crippen LogP) is 3.31. The van der Waals surface area contributed by atoms with Crippen LogP contribution in [0.2, 0.25) is 0 Å². The number of aromatic nitrogens is 2. The molecule has 7 heteroatoms. The van der Waals surface area contributed by atoms with Crippen molar-refractivity contribution >= 4 is 33.3 Å². The second-order valence-electron chi connectivity index (χ2n) is 3.72. The number of alkyl halides is 1. The van der Waals surface area contributed by atoms with Crippen LogP contribution in [0.4, 0.5) is 4.39 Å². The van der Waals surface area contributed by atoms with Crippen LogP contribution in [0.3, 0.4) is 0 Å². The molecule has 98 valence electrons. The normalized spacial score (nSPS) is 11.2. The second-order valence-corrected chi connectivity index (χ2v) is 5.66. The van der Waals surface area contributed by atoms with Crippen molar-refractivity contribution in [3.05, 3.63) is 34.1 Å². The van der Waals surface area contributed by atoms with E-state index in [9.17, 15) is 9.18 Å². The molecule has 0 radical (unpaired) electrons. The van der Waals surface area contributed by atoms with Crippen molar-refractivity contribution in [3.8, 4) is 11.3 Å². The maximum Gasteiger partial charge on any atom is 0.261 e. The van der Waals surface area contributed by atoms with Gasteiger partial charge in [-0.3, -0.25) is 9.18 Å². The molecule has 0 bridgehead atoms. The Bertz CT molecular complexity index is 749. The van der Waals surface area contributed by atoms with E-state index in [0.29, 0.717) is 21.1 Å². The molecule has 0 spiro atoms. The highest BCUT2D eigenvalue weighted by atomic mass is 32.2. The highest BCUT2D eigenvalue weighted by Crippen LogP contribution is 2.31.